The molecule has 2 aliphatic rings. The third-order valence-electron chi connectivity index (χ3n) is 6.35. The maximum absolute atomic E-state index is 13.5. The van der Waals surface area contributed by atoms with Crippen LogP contribution in [0, 0.1) is 0 Å². The minimum Gasteiger partial charge on any atom is -0.489 e. The van der Waals surface area contributed by atoms with Crippen LogP contribution >= 0.6 is 43.6 Å². The summed E-state index contributed by atoms with van der Waals surface area (Å²) in [5, 5.41) is 0.782. The minimum absolute atomic E-state index is 0.0574. The molecule has 0 spiro atoms. The number of benzene rings is 3. The van der Waals surface area contributed by atoms with E-state index < -0.39 is 0 Å². The number of amides is 1. The fourth-order valence-corrected chi connectivity index (χ4v) is 6.67. The first-order valence-electron chi connectivity index (χ1n) is 12.1. The van der Waals surface area contributed by atoms with Crippen LogP contribution in [0.25, 0.3) is 6.08 Å². The van der Waals surface area contributed by atoms with E-state index in [4.69, 9.17) is 9.73 Å². The van der Waals surface area contributed by atoms with Gasteiger partial charge in [-0.2, -0.15) is 0 Å². The monoisotopic (exact) mass is 624 g/mol. The van der Waals surface area contributed by atoms with Crippen molar-refractivity contribution in [3.05, 3.63) is 97.8 Å². The highest BCUT2D eigenvalue weighted by atomic mass is 79.9. The number of hydrogen-bond acceptors (Lipinski definition) is 4. The zero-order chi connectivity index (χ0) is 24.9. The molecule has 7 heteroatoms. The third-order valence-corrected chi connectivity index (χ3v) is 8.56. The summed E-state index contributed by atoms with van der Waals surface area (Å²) in [5.41, 5.74) is 2.91. The quantitative estimate of drug-likeness (QED) is 0.257. The molecule has 1 saturated carbocycles. The summed E-state index contributed by atoms with van der Waals surface area (Å²) in [6.07, 6.45) is 7.60. The van der Waals surface area contributed by atoms with E-state index in [0.717, 1.165) is 62.4 Å². The Kier molecular flexibility index (Phi) is 8.29. The van der Waals surface area contributed by atoms with Gasteiger partial charge in [-0.1, -0.05) is 87.5 Å². The minimum atomic E-state index is 0.0574. The predicted molar refractivity (Wildman–Crippen MR) is 155 cm³/mol. The van der Waals surface area contributed by atoms with Crippen LogP contribution < -0.4 is 4.74 Å². The smallest absolute Gasteiger partial charge is 0.267 e. The Morgan fingerprint density at radius 1 is 0.972 bits per heavy atom. The highest BCUT2D eigenvalue weighted by Crippen LogP contribution is 2.38. The number of para-hydroxylation sites is 1. The van der Waals surface area contributed by atoms with Gasteiger partial charge in [0.2, 0.25) is 0 Å². The summed E-state index contributed by atoms with van der Waals surface area (Å²) in [4.78, 5) is 21.0. The molecular weight excluding hydrogens is 600 g/mol. The maximum atomic E-state index is 13.5. The number of carbonyl (C=O) groups is 1. The number of ether oxygens (including phenoxy) is 1. The van der Waals surface area contributed by atoms with Crippen molar-refractivity contribution in [1.82, 2.24) is 4.90 Å². The molecule has 0 N–H and O–H groups in total. The summed E-state index contributed by atoms with van der Waals surface area (Å²) in [7, 11) is 0. The average molecular weight is 626 g/mol. The molecule has 184 valence electrons. The summed E-state index contributed by atoms with van der Waals surface area (Å²) < 4.78 is 8.00. The molecule has 0 radical (unpaired) electrons. The number of halogens is 2. The number of aliphatic imine (C=N–C) groups is 1. The standard InChI is InChI=1S/C29H26Br2N2O2S/c30-22-14-13-21(26(31)18-22)19-35-25-15-11-20(12-16-25)17-27-28(34)33(24-9-5-2-6-10-24)29(36-27)32-23-7-3-1-4-8-23/h1,3-4,7-8,11-18,24H,2,5-6,9-10,19H2/b27-17-,32-29?. The number of hydrogen-bond donors (Lipinski definition) is 0. The Hall–Kier alpha value is -2.35. The molecule has 0 aromatic heterocycles. The van der Waals surface area contributed by atoms with Crippen molar-refractivity contribution in [3.63, 3.8) is 0 Å². The van der Waals surface area contributed by atoms with Crippen LogP contribution in [0.15, 0.2) is 91.6 Å². The number of nitrogens with zero attached hydrogens (tertiary/aromatic N) is 2. The van der Waals surface area contributed by atoms with E-state index in [0.29, 0.717) is 11.5 Å². The van der Waals surface area contributed by atoms with Crippen LogP contribution in [0.4, 0.5) is 5.69 Å². The number of amidine groups is 1. The van der Waals surface area contributed by atoms with Gasteiger partial charge in [-0.15, -0.1) is 0 Å². The molecule has 1 heterocycles. The first-order valence-corrected chi connectivity index (χ1v) is 14.5. The SMILES string of the molecule is O=C1/C(=C/c2ccc(OCc3ccc(Br)cc3Br)cc2)SC(=Nc2ccccc2)N1C1CCCCC1. The van der Waals surface area contributed by atoms with Crippen molar-refractivity contribution in [2.75, 3.05) is 0 Å². The predicted octanol–water partition coefficient (Wildman–Crippen LogP) is 8.73. The summed E-state index contributed by atoms with van der Waals surface area (Å²) in [5.74, 6) is 0.842. The summed E-state index contributed by atoms with van der Waals surface area (Å²) in [6, 6.07) is 24.0. The van der Waals surface area contributed by atoms with E-state index in [1.165, 1.54) is 18.2 Å². The van der Waals surface area contributed by atoms with E-state index >= 15 is 0 Å². The van der Waals surface area contributed by atoms with Crippen molar-refractivity contribution in [2.24, 2.45) is 4.99 Å². The van der Waals surface area contributed by atoms with E-state index in [1.54, 1.807) is 0 Å². The van der Waals surface area contributed by atoms with Gasteiger partial charge in [-0.3, -0.25) is 9.69 Å². The Morgan fingerprint density at radius 3 is 2.44 bits per heavy atom. The van der Waals surface area contributed by atoms with Crippen LogP contribution in [0.2, 0.25) is 0 Å². The largest absolute Gasteiger partial charge is 0.489 e. The molecule has 1 aliphatic carbocycles. The van der Waals surface area contributed by atoms with Crippen molar-refractivity contribution in [1.29, 1.82) is 0 Å². The second kappa shape index (κ2) is 11.8. The van der Waals surface area contributed by atoms with Gasteiger partial charge in [0, 0.05) is 20.6 Å². The van der Waals surface area contributed by atoms with Gasteiger partial charge >= 0.3 is 0 Å². The highest BCUT2D eigenvalue weighted by molar-refractivity contribution is 9.11. The second-order valence-electron chi connectivity index (χ2n) is 8.90. The fraction of sp³-hybridized carbons (Fsp3) is 0.241. The van der Waals surface area contributed by atoms with Crippen LogP contribution in [0.1, 0.15) is 43.2 Å². The van der Waals surface area contributed by atoms with E-state index in [-0.39, 0.29) is 11.9 Å². The zero-order valence-electron chi connectivity index (χ0n) is 19.7. The molecule has 36 heavy (non-hydrogen) atoms. The Bertz CT molecular complexity index is 1290. The summed E-state index contributed by atoms with van der Waals surface area (Å²) in [6.45, 7) is 0.471. The van der Waals surface area contributed by atoms with Gasteiger partial charge < -0.3 is 4.74 Å². The summed E-state index contributed by atoms with van der Waals surface area (Å²) >= 11 is 8.53. The second-order valence-corrected chi connectivity index (χ2v) is 11.7. The van der Waals surface area contributed by atoms with Crippen molar-refractivity contribution < 1.29 is 9.53 Å². The van der Waals surface area contributed by atoms with Crippen molar-refractivity contribution >= 4 is 66.5 Å². The maximum Gasteiger partial charge on any atom is 0.267 e. The molecular formula is C29H26Br2N2O2S. The third kappa shape index (κ3) is 6.13. The molecule has 0 atom stereocenters. The highest BCUT2D eigenvalue weighted by Gasteiger charge is 2.38. The number of thioether (sulfide) groups is 1. The first-order chi connectivity index (χ1) is 17.6. The van der Waals surface area contributed by atoms with Crippen LogP contribution in [0.5, 0.6) is 5.75 Å². The van der Waals surface area contributed by atoms with Gasteiger partial charge in [0.1, 0.15) is 12.4 Å². The van der Waals surface area contributed by atoms with E-state index in [1.807, 2.05) is 83.8 Å². The number of carbonyl (C=O) groups excluding carboxylic acids is 1. The van der Waals surface area contributed by atoms with Crippen LogP contribution in [0.3, 0.4) is 0 Å². The molecule has 1 saturated heterocycles. The molecule has 1 aliphatic heterocycles. The van der Waals surface area contributed by atoms with Gasteiger partial charge in [0.15, 0.2) is 5.17 Å². The first kappa shape index (κ1) is 25.3. The van der Waals surface area contributed by atoms with Gasteiger partial charge in [0.05, 0.1) is 10.6 Å². The average Bonchev–Trinajstić information content (AvgIpc) is 3.19. The molecule has 3 aromatic carbocycles. The Balaban J connectivity index is 1.33. The fourth-order valence-electron chi connectivity index (χ4n) is 4.45. The van der Waals surface area contributed by atoms with Crippen LogP contribution in [-0.2, 0) is 11.4 Å². The zero-order valence-corrected chi connectivity index (χ0v) is 23.7. The molecule has 2 fully saturated rings. The number of rotatable bonds is 6. The molecule has 0 unspecified atom stereocenters. The normalized spacial score (nSPS) is 18.8. The van der Waals surface area contributed by atoms with Gasteiger partial charge in [-0.05, 0) is 72.6 Å². The van der Waals surface area contributed by atoms with Crippen LogP contribution in [-0.4, -0.2) is 22.0 Å². The molecule has 0 bridgehead atoms. The van der Waals surface area contributed by atoms with Crippen molar-refractivity contribution in [3.8, 4) is 5.75 Å². The lowest BCUT2D eigenvalue weighted by atomic mass is 9.94. The van der Waals surface area contributed by atoms with Crippen molar-refractivity contribution in [2.45, 2.75) is 44.8 Å². The van der Waals surface area contributed by atoms with E-state index in [2.05, 4.69) is 31.9 Å². The Labute approximate surface area is 233 Å². The topological polar surface area (TPSA) is 41.9 Å². The lowest BCUT2D eigenvalue weighted by molar-refractivity contribution is -0.124. The molecule has 3 aromatic rings. The van der Waals surface area contributed by atoms with E-state index in [9.17, 15) is 4.79 Å². The molecule has 4 nitrogen and oxygen atoms in total. The lowest BCUT2D eigenvalue weighted by Crippen LogP contribution is -2.40. The lowest BCUT2D eigenvalue weighted by Gasteiger charge is -2.30. The Morgan fingerprint density at radius 2 is 1.72 bits per heavy atom. The van der Waals surface area contributed by atoms with Gasteiger partial charge in [-0.25, -0.2) is 4.99 Å². The molecule has 5 rings (SSSR count). The molecule has 1 amide bonds. The van der Waals surface area contributed by atoms with Gasteiger partial charge in [0.25, 0.3) is 5.91 Å².